The molecule has 2 N–H and O–H groups in total. The fourth-order valence-corrected chi connectivity index (χ4v) is 0.785. The van der Waals surface area contributed by atoms with Crippen molar-refractivity contribution < 1.29 is 9.90 Å². The Morgan fingerprint density at radius 1 is 1.55 bits per heavy atom. The molecule has 0 fully saturated rings. The quantitative estimate of drug-likeness (QED) is 0.633. The van der Waals surface area contributed by atoms with Gasteiger partial charge in [-0.3, -0.25) is 4.79 Å². The van der Waals surface area contributed by atoms with Crippen molar-refractivity contribution in [1.82, 2.24) is 5.32 Å². The SMILES string of the molecule is CCC[C@H](O)C(=O)NC(C)C. The minimum absolute atomic E-state index is 0.106. The summed E-state index contributed by atoms with van der Waals surface area (Å²) in [5.41, 5.74) is 0. The van der Waals surface area contributed by atoms with E-state index in [0.717, 1.165) is 6.42 Å². The number of aliphatic hydroxyl groups excluding tert-OH is 1. The largest absolute Gasteiger partial charge is 0.383 e. The van der Waals surface area contributed by atoms with Gasteiger partial charge in [-0.25, -0.2) is 0 Å². The molecule has 0 aromatic carbocycles. The molecule has 0 radical (unpaired) electrons. The van der Waals surface area contributed by atoms with Crippen molar-refractivity contribution in [3.05, 3.63) is 0 Å². The Hall–Kier alpha value is -0.570. The zero-order chi connectivity index (χ0) is 8.85. The Kier molecular flexibility index (Phi) is 4.86. The van der Waals surface area contributed by atoms with Crippen molar-refractivity contribution in [3.8, 4) is 0 Å². The predicted molar refractivity (Wildman–Crippen MR) is 44.2 cm³/mol. The van der Waals surface area contributed by atoms with Gasteiger partial charge >= 0.3 is 0 Å². The number of hydrogen-bond acceptors (Lipinski definition) is 2. The first-order valence-electron chi connectivity index (χ1n) is 4.06. The van der Waals surface area contributed by atoms with Crippen LogP contribution in [-0.4, -0.2) is 23.2 Å². The van der Waals surface area contributed by atoms with Gasteiger partial charge in [0, 0.05) is 6.04 Å². The van der Waals surface area contributed by atoms with Gasteiger partial charge in [0.05, 0.1) is 0 Å². The molecule has 3 heteroatoms. The normalized spacial score (nSPS) is 13.2. The van der Waals surface area contributed by atoms with Crippen molar-refractivity contribution in [3.63, 3.8) is 0 Å². The maximum Gasteiger partial charge on any atom is 0.249 e. The number of amides is 1. The first kappa shape index (κ1) is 10.4. The smallest absolute Gasteiger partial charge is 0.249 e. The Balaban J connectivity index is 3.64. The lowest BCUT2D eigenvalue weighted by Gasteiger charge is -2.12. The van der Waals surface area contributed by atoms with Gasteiger partial charge in [-0.2, -0.15) is 0 Å². The van der Waals surface area contributed by atoms with Crippen LogP contribution in [0.4, 0.5) is 0 Å². The van der Waals surface area contributed by atoms with Crippen LogP contribution in [0.2, 0.25) is 0 Å². The zero-order valence-electron chi connectivity index (χ0n) is 7.42. The number of carbonyl (C=O) groups excluding carboxylic acids is 1. The summed E-state index contributed by atoms with van der Waals surface area (Å²) in [7, 11) is 0. The van der Waals surface area contributed by atoms with Gasteiger partial charge in [0.25, 0.3) is 0 Å². The summed E-state index contributed by atoms with van der Waals surface area (Å²) >= 11 is 0. The van der Waals surface area contributed by atoms with Crippen molar-refractivity contribution in [2.24, 2.45) is 0 Å². The molecule has 0 aliphatic rings. The van der Waals surface area contributed by atoms with Gasteiger partial charge < -0.3 is 10.4 Å². The number of nitrogens with one attached hydrogen (secondary N) is 1. The molecule has 0 aliphatic carbocycles. The van der Waals surface area contributed by atoms with E-state index in [0.29, 0.717) is 6.42 Å². The highest BCUT2D eigenvalue weighted by molar-refractivity contribution is 5.80. The predicted octanol–water partition coefficient (Wildman–Crippen LogP) is 0.672. The second-order valence-electron chi connectivity index (χ2n) is 2.97. The third-order valence-electron chi connectivity index (χ3n) is 1.30. The van der Waals surface area contributed by atoms with E-state index in [1.165, 1.54) is 0 Å². The summed E-state index contributed by atoms with van der Waals surface area (Å²) in [6.07, 6.45) is 0.535. The lowest BCUT2D eigenvalue weighted by Crippen LogP contribution is -2.38. The monoisotopic (exact) mass is 159 g/mol. The summed E-state index contributed by atoms with van der Waals surface area (Å²) in [4.78, 5) is 11.0. The third kappa shape index (κ3) is 4.79. The van der Waals surface area contributed by atoms with E-state index in [2.05, 4.69) is 5.32 Å². The standard InChI is InChI=1S/C8H17NO2/c1-4-5-7(10)8(11)9-6(2)3/h6-7,10H,4-5H2,1-3H3,(H,9,11)/t7-/m0/s1. The first-order valence-corrected chi connectivity index (χ1v) is 4.06. The van der Waals surface area contributed by atoms with E-state index in [1.54, 1.807) is 0 Å². The highest BCUT2D eigenvalue weighted by Crippen LogP contribution is 1.95. The van der Waals surface area contributed by atoms with Gasteiger partial charge in [0.1, 0.15) is 6.10 Å². The summed E-state index contributed by atoms with van der Waals surface area (Å²) in [6, 6.07) is 0.106. The third-order valence-corrected chi connectivity index (χ3v) is 1.30. The van der Waals surface area contributed by atoms with Crippen LogP contribution in [0.15, 0.2) is 0 Å². The molecule has 0 saturated heterocycles. The Morgan fingerprint density at radius 3 is 2.45 bits per heavy atom. The number of hydrogen-bond donors (Lipinski definition) is 2. The molecule has 0 aliphatic heterocycles. The summed E-state index contributed by atoms with van der Waals surface area (Å²) in [6.45, 7) is 5.68. The van der Waals surface area contributed by atoms with Crippen LogP contribution in [0.3, 0.4) is 0 Å². The van der Waals surface area contributed by atoms with Crippen molar-refractivity contribution >= 4 is 5.91 Å². The summed E-state index contributed by atoms with van der Waals surface area (Å²) < 4.78 is 0. The zero-order valence-corrected chi connectivity index (χ0v) is 7.42. The van der Waals surface area contributed by atoms with Crippen LogP contribution in [0, 0.1) is 0 Å². The van der Waals surface area contributed by atoms with E-state index in [9.17, 15) is 4.79 Å². The summed E-state index contributed by atoms with van der Waals surface area (Å²) in [5.74, 6) is -0.262. The highest BCUT2D eigenvalue weighted by atomic mass is 16.3. The van der Waals surface area contributed by atoms with Crippen LogP contribution in [-0.2, 0) is 4.79 Å². The molecule has 0 spiro atoms. The minimum Gasteiger partial charge on any atom is -0.383 e. The maximum absolute atomic E-state index is 11.0. The molecule has 0 bridgehead atoms. The average molecular weight is 159 g/mol. The van der Waals surface area contributed by atoms with Crippen molar-refractivity contribution in [2.75, 3.05) is 0 Å². The number of rotatable bonds is 4. The summed E-state index contributed by atoms with van der Waals surface area (Å²) in [5, 5.41) is 11.8. The molecule has 0 aromatic heterocycles. The molecule has 0 saturated carbocycles. The average Bonchev–Trinajstić information content (AvgIpc) is 1.86. The van der Waals surface area contributed by atoms with Crippen LogP contribution >= 0.6 is 0 Å². The molecule has 0 aromatic rings. The molecule has 0 rings (SSSR count). The molecule has 0 heterocycles. The lowest BCUT2D eigenvalue weighted by molar-refractivity contribution is -0.130. The van der Waals surface area contributed by atoms with E-state index < -0.39 is 6.10 Å². The fourth-order valence-electron chi connectivity index (χ4n) is 0.785. The molecule has 66 valence electrons. The number of carbonyl (C=O) groups is 1. The van der Waals surface area contributed by atoms with Crippen molar-refractivity contribution in [2.45, 2.75) is 45.8 Å². The molecular weight excluding hydrogens is 142 g/mol. The van der Waals surface area contributed by atoms with Crippen LogP contribution in [0.25, 0.3) is 0 Å². The topological polar surface area (TPSA) is 49.3 Å². The lowest BCUT2D eigenvalue weighted by atomic mass is 10.2. The van der Waals surface area contributed by atoms with Gasteiger partial charge in [-0.05, 0) is 20.3 Å². The molecule has 3 nitrogen and oxygen atoms in total. The minimum atomic E-state index is -0.831. The molecular formula is C8H17NO2. The fraction of sp³-hybridized carbons (Fsp3) is 0.875. The van der Waals surface area contributed by atoms with Gasteiger partial charge in [0.2, 0.25) is 5.91 Å². The molecule has 1 amide bonds. The van der Waals surface area contributed by atoms with E-state index >= 15 is 0 Å². The van der Waals surface area contributed by atoms with Crippen LogP contribution in [0.1, 0.15) is 33.6 Å². The maximum atomic E-state index is 11.0. The Labute approximate surface area is 67.8 Å². The van der Waals surface area contributed by atoms with Crippen LogP contribution in [0.5, 0.6) is 0 Å². The Bertz CT molecular complexity index is 123. The van der Waals surface area contributed by atoms with E-state index in [1.807, 2.05) is 20.8 Å². The van der Waals surface area contributed by atoms with Gasteiger partial charge in [-0.15, -0.1) is 0 Å². The molecule has 0 unspecified atom stereocenters. The highest BCUT2D eigenvalue weighted by Gasteiger charge is 2.13. The number of aliphatic hydroxyl groups is 1. The molecule has 11 heavy (non-hydrogen) atoms. The first-order chi connectivity index (χ1) is 5.07. The van der Waals surface area contributed by atoms with Gasteiger partial charge in [-0.1, -0.05) is 13.3 Å². The van der Waals surface area contributed by atoms with Gasteiger partial charge in [0.15, 0.2) is 0 Å². The second kappa shape index (κ2) is 5.13. The molecule has 1 atom stereocenters. The van der Waals surface area contributed by atoms with Crippen molar-refractivity contribution in [1.29, 1.82) is 0 Å². The van der Waals surface area contributed by atoms with E-state index in [-0.39, 0.29) is 11.9 Å². The van der Waals surface area contributed by atoms with E-state index in [4.69, 9.17) is 5.11 Å². The van der Waals surface area contributed by atoms with Crippen LogP contribution < -0.4 is 5.32 Å². The Morgan fingerprint density at radius 2 is 2.09 bits per heavy atom. The second-order valence-corrected chi connectivity index (χ2v) is 2.97.